The van der Waals surface area contributed by atoms with E-state index in [9.17, 15) is 14.4 Å². The zero-order valence-electron chi connectivity index (χ0n) is 18.5. The Balaban J connectivity index is 1.80. The first-order valence-electron chi connectivity index (χ1n) is 10.3. The zero-order chi connectivity index (χ0) is 24.2. The number of H-pyrrole nitrogens is 1. The first-order chi connectivity index (χ1) is 16.4. The van der Waals surface area contributed by atoms with Gasteiger partial charge in [-0.3, -0.25) is 19.1 Å². The van der Waals surface area contributed by atoms with Crippen molar-refractivity contribution in [3.63, 3.8) is 0 Å². The van der Waals surface area contributed by atoms with Gasteiger partial charge in [-0.1, -0.05) is 60.7 Å². The van der Waals surface area contributed by atoms with Gasteiger partial charge < -0.3 is 10.6 Å². The van der Waals surface area contributed by atoms with Crippen LogP contribution in [0.15, 0.2) is 70.3 Å². The maximum atomic E-state index is 13.6. The Morgan fingerprint density at radius 2 is 1.74 bits per heavy atom. The molecular formula is C23H22N8O3. The molecule has 0 atom stereocenters. The number of benzene rings is 2. The van der Waals surface area contributed by atoms with Crippen molar-refractivity contribution in [2.75, 3.05) is 17.7 Å². The third kappa shape index (κ3) is 4.39. The maximum Gasteiger partial charge on any atom is 0.330 e. The number of hydrogen-bond acceptors (Lipinski definition) is 7. The molecule has 0 unspecified atom stereocenters. The monoisotopic (exact) mass is 458 g/mol. The number of aryl methyl sites for hydroxylation is 1. The minimum atomic E-state index is -0.782. The van der Waals surface area contributed by atoms with E-state index in [1.807, 2.05) is 60.7 Å². The third-order valence-electron chi connectivity index (χ3n) is 5.21. The Morgan fingerprint density at radius 3 is 2.35 bits per heavy atom. The number of nitrogens with zero attached hydrogens (tertiary/aromatic N) is 6. The molecule has 2 aromatic heterocycles. The fourth-order valence-electron chi connectivity index (χ4n) is 3.47. The number of nitrogens with two attached hydrogens (primary N) is 1. The van der Waals surface area contributed by atoms with E-state index >= 15 is 0 Å². The molecule has 0 radical (unpaired) electrons. The number of aromatic nitrogens is 6. The lowest BCUT2D eigenvalue weighted by Gasteiger charge is -2.21. The number of nitrogen functional groups attached to an aromatic ring is 1. The molecule has 34 heavy (non-hydrogen) atoms. The van der Waals surface area contributed by atoms with E-state index < -0.39 is 17.2 Å². The highest BCUT2D eigenvalue weighted by atomic mass is 16.2. The number of likely N-dealkylation sites (N-methyl/N-ethyl adjacent to an activating group) is 1. The number of tetrazole rings is 1. The maximum absolute atomic E-state index is 13.6. The van der Waals surface area contributed by atoms with E-state index in [-0.39, 0.29) is 23.7 Å². The predicted molar refractivity (Wildman–Crippen MR) is 128 cm³/mol. The Hall–Kier alpha value is -4.80. The van der Waals surface area contributed by atoms with E-state index in [1.54, 1.807) is 13.0 Å². The fraction of sp³-hybridized carbons (Fsp3) is 0.130. The van der Waals surface area contributed by atoms with Crippen molar-refractivity contribution in [2.45, 2.75) is 13.5 Å². The average Bonchev–Trinajstić information content (AvgIpc) is 3.26. The van der Waals surface area contributed by atoms with Gasteiger partial charge in [0.05, 0.1) is 6.54 Å². The van der Waals surface area contributed by atoms with Crippen LogP contribution in [0.25, 0.3) is 11.8 Å². The summed E-state index contributed by atoms with van der Waals surface area (Å²) in [5, 5.41) is 11.4. The summed E-state index contributed by atoms with van der Waals surface area (Å²) in [6, 6.07) is 18.3. The number of amides is 1. The molecule has 4 rings (SSSR count). The molecule has 0 bridgehead atoms. The van der Waals surface area contributed by atoms with Gasteiger partial charge in [-0.15, -0.1) is 5.10 Å². The summed E-state index contributed by atoms with van der Waals surface area (Å²) < 4.78 is 2.48. The van der Waals surface area contributed by atoms with Crippen LogP contribution in [-0.4, -0.2) is 42.7 Å². The van der Waals surface area contributed by atoms with Gasteiger partial charge in [0, 0.05) is 7.05 Å². The number of rotatable bonds is 6. The van der Waals surface area contributed by atoms with Crippen molar-refractivity contribution >= 4 is 29.2 Å². The molecule has 0 saturated heterocycles. The first kappa shape index (κ1) is 22.4. The number of carbonyl (C=O) groups excluding carboxylic acids is 1. The van der Waals surface area contributed by atoms with E-state index in [2.05, 4.69) is 20.5 Å². The van der Waals surface area contributed by atoms with Crippen LogP contribution in [0.5, 0.6) is 0 Å². The van der Waals surface area contributed by atoms with Gasteiger partial charge in [-0.05, 0) is 34.6 Å². The topological polar surface area (TPSA) is 145 Å². The highest BCUT2D eigenvalue weighted by Crippen LogP contribution is 2.21. The quantitative estimate of drug-likeness (QED) is 0.412. The summed E-state index contributed by atoms with van der Waals surface area (Å²) in [4.78, 5) is 42.2. The summed E-state index contributed by atoms with van der Waals surface area (Å²) in [6.45, 7) is 1.77. The van der Waals surface area contributed by atoms with Crippen molar-refractivity contribution in [3.05, 3.63) is 98.5 Å². The van der Waals surface area contributed by atoms with Crippen LogP contribution in [0.2, 0.25) is 0 Å². The summed E-state index contributed by atoms with van der Waals surface area (Å²) in [7, 11) is 1.40. The summed E-state index contributed by atoms with van der Waals surface area (Å²) in [5.41, 5.74) is 6.26. The van der Waals surface area contributed by atoms with Crippen LogP contribution >= 0.6 is 0 Å². The normalized spacial score (nSPS) is 11.4. The molecule has 0 aliphatic heterocycles. The number of nitrogens with one attached hydrogen (secondary N) is 1. The van der Waals surface area contributed by atoms with E-state index in [0.29, 0.717) is 5.82 Å². The van der Waals surface area contributed by atoms with Crippen LogP contribution < -0.4 is 21.9 Å². The van der Waals surface area contributed by atoms with Crippen LogP contribution in [0, 0.1) is 6.92 Å². The molecule has 2 aromatic carbocycles. The summed E-state index contributed by atoms with van der Waals surface area (Å²) >= 11 is 0. The van der Waals surface area contributed by atoms with Gasteiger partial charge in [-0.2, -0.15) is 4.68 Å². The fourth-order valence-corrected chi connectivity index (χ4v) is 3.47. The van der Waals surface area contributed by atoms with Crippen LogP contribution in [0.1, 0.15) is 17.0 Å². The molecule has 0 aliphatic rings. The molecule has 0 fully saturated rings. The van der Waals surface area contributed by atoms with Crippen molar-refractivity contribution in [1.29, 1.82) is 0 Å². The minimum Gasteiger partial charge on any atom is -0.383 e. The molecule has 172 valence electrons. The summed E-state index contributed by atoms with van der Waals surface area (Å²) in [6.07, 6.45) is 1.60. The Bertz CT molecular complexity index is 1470. The molecular weight excluding hydrogens is 436 g/mol. The highest BCUT2D eigenvalue weighted by Gasteiger charge is 2.26. The second kappa shape index (κ2) is 9.36. The molecule has 0 aliphatic carbocycles. The molecule has 11 heteroatoms. The second-order valence-electron chi connectivity index (χ2n) is 7.51. The predicted octanol–water partition coefficient (Wildman–Crippen LogP) is 1.12. The standard InChI is InChI=1S/C23H22N8O3/c1-15-26-27-28-31(15)18(13-16-9-5-3-6-10-16)22(33)29(2)19-20(24)30(23(34)25-21(19)32)14-17-11-7-4-8-12-17/h3-13H,14,24H2,1-2H3,(H,25,32,34)/b18-13+. The lowest BCUT2D eigenvalue weighted by atomic mass is 10.2. The van der Waals surface area contributed by atoms with Crippen LogP contribution in [0.3, 0.4) is 0 Å². The molecule has 0 saturated carbocycles. The van der Waals surface area contributed by atoms with E-state index in [4.69, 9.17) is 5.73 Å². The van der Waals surface area contributed by atoms with Gasteiger partial charge in [0.2, 0.25) is 0 Å². The third-order valence-corrected chi connectivity index (χ3v) is 5.21. The number of anilines is 2. The molecule has 0 spiro atoms. The smallest absolute Gasteiger partial charge is 0.330 e. The van der Waals surface area contributed by atoms with Gasteiger partial charge in [0.1, 0.15) is 11.5 Å². The molecule has 3 N–H and O–H groups in total. The number of aromatic amines is 1. The first-order valence-corrected chi connectivity index (χ1v) is 10.3. The van der Waals surface area contributed by atoms with Crippen LogP contribution in [-0.2, 0) is 11.3 Å². The van der Waals surface area contributed by atoms with Gasteiger partial charge >= 0.3 is 5.69 Å². The lowest BCUT2D eigenvalue weighted by molar-refractivity contribution is -0.113. The molecule has 1 amide bonds. The zero-order valence-corrected chi connectivity index (χ0v) is 18.5. The SMILES string of the molecule is Cc1nnnn1/C(=C/c1ccccc1)C(=O)N(C)c1c(N)n(Cc2ccccc2)c(=O)[nH]c1=O. The van der Waals surface area contributed by atoms with Crippen LogP contribution in [0.4, 0.5) is 11.5 Å². The Kier molecular flexibility index (Phi) is 6.17. The van der Waals surface area contributed by atoms with Gasteiger partial charge in [-0.25, -0.2) is 4.79 Å². The van der Waals surface area contributed by atoms with Gasteiger partial charge in [0.15, 0.2) is 11.5 Å². The Labute approximate surface area is 193 Å². The lowest BCUT2D eigenvalue weighted by Crippen LogP contribution is -2.40. The van der Waals surface area contributed by atoms with Crippen molar-refractivity contribution in [3.8, 4) is 0 Å². The van der Waals surface area contributed by atoms with Gasteiger partial charge in [0.25, 0.3) is 11.5 Å². The molecule has 4 aromatic rings. The minimum absolute atomic E-state index is 0.0933. The largest absolute Gasteiger partial charge is 0.383 e. The van der Waals surface area contributed by atoms with Crippen molar-refractivity contribution in [2.24, 2.45) is 0 Å². The second-order valence-corrected chi connectivity index (χ2v) is 7.51. The van der Waals surface area contributed by atoms with E-state index in [0.717, 1.165) is 16.0 Å². The molecule has 2 heterocycles. The number of hydrogen-bond donors (Lipinski definition) is 2. The van der Waals surface area contributed by atoms with Crippen molar-refractivity contribution < 1.29 is 4.79 Å². The van der Waals surface area contributed by atoms with E-state index in [1.165, 1.54) is 16.3 Å². The van der Waals surface area contributed by atoms with Crippen molar-refractivity contribution in [1.82, 2.24) is 29.8 Å². The highest BCUT2D eigenvalue weighted by molar-refractivity contribution is 6.25. The number of carbonyl (C=O) groups is 1. The average molecular weight is 458 g/mol. The Morgan fingerprint density at radius 1 is 1.09 bits per heavy atom. The molecule has 11 nitrogen and oxygen atoms in total. The summed E-state index contributed by atoms with van der Waals surface area (Å²) in [5.74, 6) is -0.359.